The summed E-state index contributed by atoms with van der Waals surface area (Å²) in [5.74, 6) is -0.875. The normalized spacial score (nSPS) is 11.0. The Kier molecular flexibility index (Phi) is 3.96. The molecule has 0 amide bonds. The molecule has 3 aromatic rings. The smallest absolute Gasteiger partial charge is 0.335 e. The molecule has 112 valence electrons. The summed E-state index contributed by atoms with van der Waals surface area (Å²) in [6.07, 6.45) is 4.16. The van der Waals surface area contributed by atoms with Crippen molar-refractivity contribution in [1.29, 1.82) is 0 Å². The van der Waals surface area contributed by atoms with Crippen LogP contribution in [0.25, 0.3) is 10.9 Å². The van der Waals surface area contributed by atoms with Crippen molar-refractivity contribution in [2.75, 3.05) is 0 Å². The molecule has 3 heteroatoms. The Morgan fingerprint density at radius 2 is 1.91 bits per heavy atom. The van der Waals surface area contributed by atoms with Crippen molar-refractivity contribution in [1.82, 2.24) is 4.57 Å². The molecule has 0 aliphatic carbocycles. The van der Waals surface area contributed by atoms with E-state index in [0.717, 1.165) is 30.3 Å². The third kappa shape index (κ3) is 2.75. The van der Waals surface area contributed by atoms with E-state index in [0.29, 0.717) is 5.56 Å². The van der Waals surface area contributed by atoms with Gasteiger partial charge in [0.2, 0.25) is 0 Å². The highest BCUT2D eigenvalue weighted by molar-refractivity contribution is 5.95. The maximum absolute atomic E-state index is 11.2. The van der Waals surface area contributed by atoms with Crippen LogP contribution in [0.5, 0.6) is 0 Å². The van der Waals surface area contributed by atoms with Gasteiger partial charge < -0.3 is 9.67 Å². The molecule has 0 saturated heterocycles. The lowest BCUT2D eigenvalue weighted by Crippen LogP contribution is -1.99. The minimum Gasteiger partial charge on any atom is -0.478 e. The summed E-state index contributed by atoms with van der Waals surface area (Å²) in [6, 6.07) is 15.7. The van der Waals surface area contributed by atoms with E-state index in [9.17, 15) is 9.90 Å². The highest BCUT2D eigenvalue weighted by atomic mass is 16.4. The fourth-order valence-electron chi connectivity index (χ4n) is 2.88. The van der Waals surface area contributed by atoms with E-state index in [1.165, 1.54) is 11.1 Å². The Hall–Kier alpha value is -2.55. The number of aromatic nitrogens is 1. The van der Waals surface area contributed by atoms with Gasteiger partial charge in [0.25, 0.3) is 0 Å². The predicted molar refractivity (Wildman–Crippen MR) is 88.4 cm³/mol. The molecule has 0 aliphatic rings. The zero-order valence-electron chi connectivity index (χ0n) is 12.6. The highest BCUT2D eigenvalue weighted by Crippen LogP contribution is 2.25. The average molecular weight is 293 g/mol. The molecule has 1 heterocycles. The number of hydrogen-bond acceptors (Lipinski definition) is 1. The lowest BCUT2D eigenvalue weighted by atomic mass is 10.1. The van der Waals surface area contributed by atoms with Gasteiger partial charge >= 0.3 is 5.97 Å². The van der Waals surface area contributed by atoms with Crippen LogP contribution < -0.4 is 0 Å². The Balaban J connectivity index is 2.08. The summed E-state index contributed by atoms with van der Waals surface area (Å²) in [4.78, 5) is 11.2. The van der Waals surface area contributed by atoms with E-state index < -0.39 is 5.97 Å². The monoisotopic (exact) mass is 293 g/mol. The van der Waals surface area contributed by atoms with Crippen molar-refractivity contribution in [2.45, 2.75) is 26.3 Å². The first-order valence-electron chi connectivity index (χ1n) is 7.58. The summed E-state index contributed by atoms with van der Waals surface area (Å²) < 4.78 is 2.21. The molecule has 0 spiro atoms. The quantitative estimate of drug-likeness (QED) is 0.760. The molecule has 0 aliphatic heterocycles. The van der Waals surface area contributed by atoms with Crippen LogP contribution in [0.2, 0.25) is 0 Å². The van der Waals surface area contributed by atoms with E-state index in [1.54, 1.807) is 12.1 Å². The van der Waals surface area contributed by atoms with Crippen molar-refractivity contribution in [3.63, 3.8) is 0 Å². The van der Waals surface area contributed by atoms with Gasteiger partial charge in [0.15, 0.2) is 0 Å². The van der Waals surface area contributed by atoms with Crippen LogP contribution in [0.3, 0.4) is 0 Å². The molecule has 22 heavy (non-hydrogen) atoms. The summed E-state index contributed by atoms with van der Waals surface area (Å²) >= 11 is 0. The van der Waals surface area contributed by atoms with Crippen LogP contribution in [0, 0.1) is 0 Å². The molecule has 1 aromatic heterocycles. The van der Waals surface area contributed by atoms with Crippen molar-refractivity contribution < 1.29 is 9.90 Å². The average Bonchev–Trinajstić information content (AvgIpc) is 2.86. The largest absolute Gasteiger partial charge is 0.478 e. The van der Waals surface area contributed by atoms with Crippen molar-refractivity contribution in [2.24, 2.45) is 0 Å². The van der Waals surface area contributed by atoms with Gasteiger partial charge in [0.05, 0.1) is 5.56 Å². The van der Waals surface area contributed by atoms with Crippen molar-refractivity contribution in [3.8, 4) is 0 Å². The summed E-state index contributed by atoms with van der Waals surface area (Å²) in [5.41, 5.74) is 3.90. The van der Waals surface area contributed by atoms with Gasteiger partial charge in [-0.15, -0.1) is 0 Å². The molecule has 3 rings (SSSR count). The number of rotatable bonds is 5. The minimum atomic E-state index is -0.875. The van der Waals surface area contributed by atoms with E-state index in [-0.39, 0.29) is 0 Å². The third-order valence-electron chi connectivity index (χ3n) is 3.93. The van der Waals surface area contributed by atoms with E-state index in [4.69, 9.17) is 0 Å². The second kappa shape index (κ2) is 6.06. The van der Waals surface area contributed by atoms with Crippen LogP contribution in [0.1, 0.15) is 34.8 Å². The molecule has 0 bridgehead atoms. The minimum absolute atomic E-state index is 0.349. The molecule has 3 nitrogen and oxygen atoms in total. The molecule has 0 unspecified atom stereocenters. The van der Waals surface area contributed by atoms with E-state index in [1.807, 2.05) is 24.3 Å². The van der Waals surface area contributed by atoms with Gasteiger partial charge in [0, 0.05) is 23.6 Å². The zero-order chi connectivity index (χ0) is 15.5. The number of hydrogen-bond donors (Lipinski definition) is 1. The van der Waals surface area contributed by atoms with Crippen molar-refractivity contribution in [3.05, 3.63) is 71.4 Å². The summed E-state index contributed by atoms with van der Waals surface area (Å²) in [7, 11) is 0. The Morgan fingerprint density at radius 1 is 1.14 bits per heavy atom. The SMILES string of the molecule is CCCc1cn(Cc2ccccc2)c2ccc(C(=O)O)cc12. The standard InChI is InChI=1S/C19H19NO2/c1-2-6-16-13-20(12-14-7-4-3-5-8-14)18-10-9-15(19(21)22)11-17(16)18/h3-5,7-11,13H,2,6,12H2,1H3,(H,21,22). The van der Waals surface area contributed by atoms with Crippen LogP contribution in [-0.4, -0.2) is 15.6 Å². The summed E-state index contributed by atoms with van der Waals surface area (Å²) in [5, 5.41) is 10.3. The topological polar surface area (TPSA) is 42.2 Å². The van der Waals surface area contributed by atoms with Gasteiger partial charge in [-0.25, -0.2) is 4.79 Å². The molecule has 0 fully saturated rings. The second-order valence-electron chi connectivity index (χ2n) is 5.55. The second-order valence-corrected chi connectivity index (χ2v) is 5.55. The number of fused-ring (bicyclic) bond motifs is 1. The fraction of sp³-hybridized carbons (Fsp3) is 0.211. The number of aryl methyl sites for hydroxylation is 1. The van der Waals surface area contributed by atoms with Gasteiger partial charge in [-0.1, -0.05) is 43.7 Å². The van der Waals surface area contributed by atoms with Crippen LogP contribution in [-0.2, 0) is 13.0 Å². The Labute approximate surface area is 129 Å². The van der Waals surface area contributed by atoms with E-state index in [2.05, 4.69) is 29.8 Å². The van der Waals surface area contributed by atoms with Crippen LogP contribution in [0.4, 0.5) is 0 Å². The molecular formula is C19H19NO2. The number of aromatic carboxylic acids is 1. The first-order valence-corrected chi connectivity index (χ1v) is 7.58. The van der Waals surface area contributed by atoms with Crippen LogP contribution >= 0.6 is 0 Å². The fourth-order valence-corrected chi connectivity index (χ4v) is 2.88. The first kappa shape index (κ1) is 14.4. The molecule has 0 radical (unpaired) electrons. The Bertz CT molecular complexity index is 803. The van der Waals surface area contributed by atoms with Gasteiger partial charge in [-0.3, -0.25) is 0 Å². The molecular weight excluding hydrogens is 274 g/mol. The van der Waals surface area contributed by atoms with Gasteiger partial charge in [-0.05, 0) is 35.7 Å². The number of carbonyl (C=O) groups is 1. The molecule has 0 atom stereocenters. The van der Waals surface area contributed by atoms with Gasteiger partial charge in [-0.2, -0.15) is 0 Å². The number of benzene rings is 2. The lowest BCUT2D eigenvalue weighted by molar-refractivity contribution is 0.0697. The highest BCUT2D eigenvalue weighted by Gasteiger charge is 2.11. The van der Waals surface area contributed by atoms with E-state index >= 15 is 0 Å². The number of nitrogens with zero attached hydrogens (tertiary/aromatic N) is 1. The van der Waals surface area contributed by atoms with Gasteiger partial charge in [0.1, 0.15) is 0 Å². The zero-order valence-corrected chi connectivity index (χ0v) is 12.6. The molecule has 1 N–H and O–H groups in total. The summed E-state index contributed by atoms with van der Waals surface area (Å²) in [6.45, 7) is 2.94. The molecule has 2 aromatic carbocycles. The first-order chi connectivity index (χ1) is 10.7. The molecule has 0 saturated carbocycles. The predicted octanol–water partition coefficient (Wildman–Crippen LogP) is 4.34. The maximum Gasteiger partial charge on any atom is 0.335 e. The number of carboxylic acid groups (broad SMARTS) is 1. The van der Waals surface area contributed by atoms with Crippen LogP contribution in [0.15, 0.2) is 54.7 Å². The number of carboxylic acids is 1. The van der Waals surface area contributed by atoms with Crippen molar-refractivity contribution >= 4 is 16.9 Å². The third-order valence-corrected chi connectivity index (χ3v) is 3.93. The Morgan fingerprint density at radius 3 is 2.59 bits per heavy atom. The maximum atomic E-state index is 11.2. The lowest BCUT2D eigenvalue weighted by Gasteiger charge is -2.05.